The molecule has 0 aromatic carbocycles. The van der Waals surface area contributed by atoms with E-state index >= 15 is 0 Å². The van der Waals surface area contributed by atoms with Crippen molar-refractivity contribution >= 4 is 6.29 Å². The lowest BCUT2D eigenvalue weighted by Crippen LogP contribution is -1.90. The van der Waals surface area contributed by atoms with Gasteiger partial charge in [-0.15, -0.1) is 0 Å². The Morgan fingerprint density at radius 1 is 1.80 bits per heavy atom. The summed E-state index contributed by atoms with van der Waals surface area (Å²) in [6.07, 6.45) is 0.895. The number of hydrogen-bond donors (Lipinski definition) is 1. The summed E-state index contributed by atoms with van der Waals surface area (Å²) >= 11 is 0. The van der Waals surface area contributed by atoms with Crippen LogP contribution in [0.25, 0.3) is 0 Å². The Balaban J connectivity index is 4.31. The first kappa shape index (κ1) is 8.86. The molecule has 1 N–H and O–H groups in total. The summed E-state index contributed by atoms with van der Waals surface area (Å²) in [4.78, 5) is 10.1. The molecule has 3 nitrogen and oxygen atoms in total. The van der Waals surface area contributed by atoms with Crippen molar-refractivity contribution in [2.45, 2.75) is 13.3 Å². The number of aliphatic hydroxyl groups is 1. The lowest BCUT2D eigenvalue weighted by atomic mass is 10.1. The van der Waals surface area contributed by atoms with Gasteiger partial charge in [0.15, 0.2) is 6.29 Å². The van der Waals surface area contributed by atoms with Gasteiger partial charge in [0, 0.05) is 6.61 Å². The summed E-state index contributed by atoms with van der Waals surface area (Å²) < 4.78 is 0. The van der Waals surface area contributed by atoms with Crippen molar-refractivity contribution < 1.29 is 9.90 Å². The Morgan fingerprint density at radius 2 is 2.40 bits per heavy atom. The highest BCUT2D eigenvalue weighted by atomic mass is 16.2. The fourth-order valence-electron chi connectivity index (χ4n) is 0.525. The maximum absolute atomic E-state index is 10.1. The van der Waals surface area contributed by atoms with E-state index < -0.39 is 0 Å². The van der Waals surface area contributed by atoms with Crippen LogP contribution in [0.2, 0.25) is 0 Å². The molecule has 0 heterocycles. The number of aldehydes is 1. The summed E-state index contributed by atoms with van der Waals surface area (Å²) in [5, 5.41) is 16.7. The van der Waals surface area contributed by atoms with Crippen LogP contribution in [0.15, 0.2) is 11.1 Å². The van der Waals surface area contributed by atoms with Crippen LogP contribution in [0.5, 0.6) is 0 Å². The topological polar surface area (TPSA) is 61.1 Å². The molecule has 10 heavy (non-hydrogen) atoms. The Labute approximate surface area is 59.6 Å². The van der Waals surface area contributed by atoms with E-state index in [4.69, 9.17) is 10.4 Å². The molecule has 54 valence electrons. The van der Waals surface area contributed by atoms with Crippen LogP contribution in [-0.4, -0.2) is 18.0 Å². The second kappa shape index (κ2) is 4.71. The van der Waals surface area contributed by atoms with Crippen molar-refractivity contribution in [2.75, 3.05) is 6.61 Å². The van der Waals surface area contributed by atoms with E-state index in [1.54, 1.807) is 13.0 Å². The number of nitrogens with zero attached hydrogens (tertiary/aromatic N) is 1. The molecule has 3 heteroatoms. The highest BCUT2D eigenvalue weighted by Crippen LogP contribution is 2.03. The SMILES string of the molecule is C/C(CCO)=C(\C#N)C=O. The second-order valence-corrected chi connectivity index (χ2v) is 1.90. The minimum atomic E-state index is -0.0230. The Morgan fingerprint density at radius 3 is 2.70 bits per heavy atom. The standard InChI is InChI=1S/C7H9NO2/c1-6(2-3-9)7(4-8)5-10/h5,9H,2-3H2,1H3/b7-6-. The molecule has 0 rings (SSSR count). The van der Waals surface area contributed by atoms with Gasteiger partial charge in [0.2, 0.25) is 0 Å². The molecule has 0 aromatic rings. The number of rotatable bonds is 3. The van der Waals surface area contributed by atoms with Gasteiger partial charge in [0.1, 0.15) is 6.07 Å². The number of allylic oxidation sites excluding steroid dienone is 1. The molecule has 0 aliphatic rings. The summed E-state index contributed by atoms with van der Waals surface area (Å²) in [5.41, 5.74) is 0.758. The van der Waals surface area contributed by atoms with Gasteiger partial charge in [-0.05, 0) is 18.9 Å². The lowest BCUT2D eigenvalue weighted by Gasteiger charge is -1.94. The molecule has 0 aliphatic heterocycles. The Hall–Kier alpha value is -1.14. The van der Waals surface area contributed by atoms with Crippen LogP contribution in [0.4, 0.5) is 0 Å². The first-order valence-corrected chi connectivity index (χ1v) is 2.92. The lowest BCUT2D eigenvalue weighted by molar-refractivity contribution is -0.104. The van der Waals surface area contributed by atoms with Gasteiger partial charge < -0.3 is 5.11 Å². The molecule has 0 unspecified atom stereocenters. The maximum Gasteiger partial charge on any atom is 0.160 e. The third kappa shape index (κ3) is 2.42. The quantitative estimate of drug-likeness (QED) is 0.350. The number of aliphatic hydroxyl groups excluding tert-OH is 1. The first-order chi connectivity index (χ1) is 4.76. The smallest absolute Gasteiger partial charge is 0.160 e. The van der Waals surface area contributed by atoms with Gasteiger partial charge in [-0.25, -0.2) is 0 Å². The van der Waals surface area contributed by atoms with Crippen molar-refractivity contribution in [1.82, 2.24) is 0 Å². The molecule has 0 fully saturated rings. The molecular formula is C7H9NO2. The molecule has 0 bridgehead atoms. The third-order valence-electron chi connectivity index (χ3n) is 1.18. The van der Waals surface area contributed by atoms with E-state index in [1.165, 1.54) is 0 Å². The molecular weight excluding hydrogens is 130 g/mol. The van der Waals surface area contributed by atoms with Gasteiger partial charge in [-0.2, -0.15) is 5.26 Å². The van der Waals surface area contributed by atoms with Crippen LogP contribution in [-0.2, 0) is 4.79 Å². The normalized spacial score (nSPS) is 11.7. The molecule has 0 atom stereocenters. The summed E-state index contributed by atoms with van der Waals surface area (Å²) in [6, 6.07) is 1.74. The van der Waals surface area contributed by atoms with Crippen molar-refractivity contribution in [1.29, 1.82) is 5.26 Å². The van der Waals surface area contributed by atoms with Gasteiger partial charge >= 0.3 is 0 Å². The monoisotopic (exact) mass is 139 g/mol. The van der Waals surface area contributed by atoms with E-state index in [0.29, 0.717) is 18.3 Å². The fraction of sp³-hybridized carbons (Fsp3) is 0.429. The number of hydrogen-bond acceptors (Lipinski definition) is 3. The second-order valence-electron chi connectivity index (χ2n) is 1.90. The minimum absolute atomic E-state index is 0.0230. The molecule has 0 aromatic heterocycles. The average Bonchev–Trinajstić information content (AvgIpc) is 1.91. The third-order valence-corrected chi connectivity index (χ3v) is 1.18. The molecule has 0 spiro atoms. The minimum Gasteiger partial charge on any atom is -0.396 e. The molecule has 0 saturated carbocycles. The van der Waals surface area contributed by atoms with Gasteiger partial charge in [0.05, 0.1) is 5.57 Å². The predicted molar refractivity (Wildman–Crippen MR) is 36.1 cm³/mol. The van der Waals surface area contributed by atoms with E-state index in [0.717, 1.165) is 0 Å². The summed E-state index contributed by atoms with van der Waals surface area (Å²) in [7, 11) is 0. The van der Waals surface area contributed by atoms with E-state index in [1.807, 2.05) is 0 Å². The highest BCUT2D eigenvalue weighted by Gasteiger charge is 1.97. The predicted octanol–water partition coefficient (Wildman–Crippen LogP) is 0.408. The van der Waals surface area contributed by atoms with Crippen LogP contribution in [0, 0.1) is 11.3 Å². The van der Waals surface area contributed by atoms with E-state index in [9.17, 15) is 4.79 Å². The van der Waals surface area contributed by atoms with Gasteiger partial charge in [-0.3, -0.25) is 4.79 Å². The largest absolute Gasteiger partial charge is 0.396 e. The number of nitriles is 1. The summed E-state index contributed by atoms with van der Waals surface area (Å²) in [6.45, 7) is 1.63. The van der Waals surface area contributed by atoms with Crippen molar-refractivity contribution in [3.8, 4) is 6.07 Å². The van der Waals surface area contributed by atoms with Crippen LogP contribution >= 0.6 is 0 Å². The number of carbonyl (C=O) groups is 1. The van der Waals surface area contributed by atoms with Crippen LogP contribution in [0.1, 0.15) is 13.3 Å². The first-order valence-electron chi connectivity index (χ1n) is 2.92. The maximum atomic E-state index is 10.1. The molecule has 0 aliphatic carbocycles. The summed E-state index contributed by atoms with van der Waals surface area (Å²) in [5.74, 6) is 0. The van der Waals surface area contributed by atoms with Crippen LogP contribution < -0.4 is 0 Å². The molecule has 0 radical (unpaired) electrons. The van der Waals surface area contributed by atoms with E-state index in [2.05, 4.69) is 0 Å². The van der Waals surface area contributed by atoms with Crippen molar-refractivity contribution in [3.05, 3.63) is 11.1 Å². The molecule has 0 amide bonds. The van der Waals surface area contributed by atoms with Gasteiger partial charge in [0.25, 0.3) is 0 Å². The van der Waals surface area contributed by atoms with Crippen LogP contribution in [0.3, 0.4) is 0 Å². The Bertz CT molecular complexity index is 188. The zero-order valence-electron chi connectivity index (χ0n) is 5.79. The van der Waals surface area contributed by atoms with Crippen molar-refractivity contribution in [3.63, 3.8) is 0 Å². The number of carbonyl (C=O) groups excluding carboxylic acids is 1. The highest BCUT2D eigenvalue weighted by molar-refractivity contribution is 5.80. The zero-order valence-corrected chi connectivity index (χ0v) is 5.79. The van der Waals surface area contributed by atoms with Gasteiger partial charge in [-0.1, -0.05) is 0 Å². The van der Waals surface area contributed by atoms with E-state index in [-0.39, 0.29) is 12.2 Å². The zero-order chi connectivity index (χ0) is 7.98. The average molecular weight is 139 g/mol. The molecule has 0 saturated heterocycles. The Kier molecular flexibility index (Phi) is 4.17. The fourth-order valence-corrected chi connectivity index (χ4v) is 0.525. The van der Waals surface area contributed by atoms with Crippen molar-refractivity contribution in [2.24, 2.45) is 0 Å².